The summed E-state index contributed by atoms with van der Waals surface area (Å²) in [4.78, 5) is 42.7. The number of carbonyl (C=O) groups is 2. The van der Waals surface area contributed by atoms with Crippen molar-refractivity contribution in [3.8, 4) is 11.3 Å². The number of hydrogen-bond donors (Lipinski definition) is 3. The molecular weight excluding hydrogens is 542 g/mol. The third-order valence-electron chi connectivity index (χ3n) is 7.88. The van der Waals surface area contributed by atoms with Crippen molar-refractivity contribution in [2.24, 2.45) is 18.7 Å². The van der Waals surface area contributed by atoms with Crippen molar-refractivity contribution >= 4 is 29.0 Å². The number of primary amides is 1. The Morgan fingerprint density at radius 1 is 1.05 bits per heavy atom. The van der Waals surface area contributed by atoms with E-state index in [1.54, 1.807) is 13.2 Å². The Kier molecular flexibility index (Phi) is 8.19. The summed E-state index contributed by atoms with van der Waals surface area (Å²) < 4.78 is 7.27. The van der Waals surface area contributed by atoms with Crippen LogP contribution in [0.4, 0.5) is 17.2 Å². The first-order valence-electron chi connectivity index (χ1n) is 14.3. The van der Waals surface area contributed by atoms with Gasteiger partial charge in [0, 0.05) is 42.4 Å². The summed E-state index contributed by atoms with van der Waals surface area (Å²) in [6.45, 7) is 8.77. The topological polar surface area (TPSA) is 128 Å². The van der Waals surface area contributed by atoms with Gasteiger partial charge in [0.05, 0.1) is 17.7 Å². The first-order chi connectivity index (χ1) is 20.4. The lowest BCUT2D eigenvalue weighted by Crippen LogP contribution is -2.25. The van der Waals surface area contributed by atoms with Crippen LogP contribution in [0.15, 0.2) is 77.7 Å². The molecule has 2 heterocycles. The number of amides is 2. The molecule has 1 fully saturated rings. The number of anilines is 3. The zero-order valence-electron chi connectivity index (χ0n) is 25.1. The van der Waals surface area contributed by atoms with Crippen molar-refractivity contribution in [1.29, 1.82) is 0 Å². The van der Waals surface area contributed by atoms with E-state index < -0.39 is 17.9 Å². The minimum atomic E-state index is -0.432. The molecule has 0 radical (unpaired) electrons. The molecule has 9 heteroatoms. The second-order valence-corrected chi connectivity index (χ2v) is 12.0. The van der Waals surface area contributed by atoms with Crippen molar-refractivity contribution < 1.29 is 14.3 Å². The van der Waals surface area contributed by atoms with Crippen LogP contribution in [0.25, 0.3) is 11.3 Å². The molecule has 2 atom stereocenters. The molecule has 43 heavy (non-hydrogen) atoms. The summed E-state index contributed by atoms with van der Waals surface area (Å²) >= 11 is 0. The molecule has 1 saturated heterocycles. The SMILES string of the molecule is Cc1c(NC(=O)c2ccc(C(C)(C)C)cc2)cccc1-c1cn(C)c(=O)c(Nc2cccc(C3OCCC3C(N)=O)c2)n1. The summed E-state index contributed by atoms with van der Waals surface area (Å²) in [6.07, 6.45) is 1.82. The molecule has 0 spiro atoms. The first kappa shape index (κ1) is 29.7. The largest absolute Gasteiger partial charge is 0.373 e. The molecule has 1 aromatic heterocycles. The molecule has 222 valence electrons. The van der Waals surface area contributed by atoms with Crippen LogP contribution in [0.3, 0.4) is 0 Å². The van der Waals surface area contributed by atoms with Gasteiger partial charge in [-0.2, -0.15) is 0 Å². The predicted octanol–water partition coefficient (Wildman–Crippen LogP) is 5.61. The fourth-order valence-corrected chi connectivity index (χ4v) is 5.32. The first-order valence-corrected chi connectivity index (χ1v) is 14.3. The molecule has 2 unspecified atom stereocenters. The third-order valence-corrected chi connectivity index (χ3v) is 7.88. The second kappa shape index (κ2) is 11.9. The lowest BCUT2D eigenvalue weighted by atomic mass is 9.86. The van der Waals surface area contributed by atoms with Crippen LogP contribution in [0, 0.1) is 12.8 Å². The summed E-state index contributed by atoms with van der Waals surface area (Å²) in [7, 11) is 1.67. The van der Waals surface area contributed by atoms with Crippen LogP contribution in [0.1, 0.15) is 60.3 Å². The number of nitrogens with two attached hydrogens (primary N) is 1. The van der Waals surface area contributed by atoms with Gasteiger partial charge in [-0.1, -0.05) is 57.2 Å². The Morgan fingerprint density at radius 2 is 1.77 bits per heavy atom. The minimum absolute atomic E-state index is 0.00240. The van der Waals surface area contributed by atoms with Gasteiger partial charge in [-0.15, -0.1) is 0 Å². The van der Waals surface area contributed by atoms with E-state index in [0.29, 0.717) is 35.7 Å². The van der Waals surface area contributed by atoms with Gasteiger partial charge in [-0.05, 0) is 65.8 Å². The number of aryl methyl sites for hydroxylation is 1. The Bertz CT molecular complexity index is 1740. The van der Waals surface area contributed by atoms with Crippen molar-refractivity contribution in [2.45, 2.75) is 45.6 Å². The summed E-state index contributed by atoms with van der Waals surface area (Å²) in [6, 6.07) is 20.6. The van der Waals surface area contributed by atoms with Crippen LogP contribution in [-0.2, 0) is 22.0 Å². The number of hydrogen-bond acceptors (Lipinski definition) is 6. The smallest absolute Gasteiger partial charge is 0.293 e. The number of nitrogens with zero attached hydrogens (tertiary/aromatic N) is 2. The maximum Gasteiger partial charge on any atom is 0.293 e. The number of nitrogens with one attached hydrogen (secondary N) is 2. The summed E-state index contributed by atoms with van der Waals surface area (Å²) in [5, 5.41) is 6.17. The highest BCUT2D eigenvalue weighted by molar-refractivity contribution is 6.05. The number of benzene rings is 3. The summed E-state index contributed by atoms with van der Waals surface area (Å²) in [5.41, 5.74) is 11.2. The van der Waals surface area contributed by atoms with Gasteiger partial charge >= 0.3 is 0 Å². The highest BCUT2D eigenvalue weighted by Gasteiger charge is 2.34. The molecule has 5 rings (SSSR count). The standard InChI is InChI=1S/C34H37N5O4/c1-20-25(10-7-11-27(20)38-32(41)21-12-14-23(15-13-21)34(2,3)4)28-19-39(5)33(42)31(37-28)36-24-9-6-8-22(18-24)29-26(30(35)40)16-17-43-29/h6-15,18-19,26,29H,16-17H2,1-5H3,(H2,35,40)(H,36,37)(H,38,41). The number of ether oxygens (including phenoxy) is 1. The highest BCUT2D eigenvalue weighted by atomic mass is 16.5. The van der Waals surface area contributed by atoms with Crippen LogP contribution >= 0.6 is 0 Å². The number of rotatable bonds is 7. The molecule has 4 aromatic rings. The molecular formula is C34H37N5O4. The van der Waals surface area contributed by atoms with E-state index in [9.17, 15) is 14.4 Å². The average Bonchev–Trinajstić information content (AvgIpc) is 3.47. The molecule has 3 aromatic carbocycles. The molecule has 9 nitrogen and oxygen atoms in total. The Balaban J connectivity index is 1.40. The third kappa shape index (κ3) is 6.36. The fourth-order valence-electron chi connectivity index (χ4n) is 5.32. The van der Waals surface area contributed by atoms with E-state index in [1.807, 2.05) is 73.7 Å². The van der Waals surface area contributed by atoms with E-state index in [4.69, 9.17) is 10.5 Å². The van der Waals surface area contributed by atoms with Gasteiger partial charge in [-0.3, -0.25) is 14.4 Å². The Morgan fingerprint density at radius 3 is 2.47 bits per heavy atom. The lowest BCUT2D eigenvalue weighted by molar-refractivity contribution is -0.123. The van der Waals surface area contributed by atoms with Crippen LogP contribution in [0.2, 0.25) is 0 Å². The zero-order chi connectivity index (χ0) is 30.9. The van der Waals surface area contributed by atoms with Gasteiger partial charge < -0.3 is 25.7 Å². The number of carbonyl (C=O) groups excluding carboxylic acids is 2. The Hall–Kier alpha value is -4.76. The van der Waals surface area contributed by atoms with E-state index >= 15 is 0 Å². The Labute approximate surface area is 251 Å². The summed E-state index contributed by atoms with van der Waals surface area (Å²) in [5.74, 6) is -0.857. The average molecular weight is 580 g/mol. The van der Waals surface area contributed by atoms with Crippen molar-refractivity contribution in [1.82, 2.24) is 9.55 Å². The van der Waals surface area contributed by atoms with Crippen molar-refractivity contribution in [2.75, 3.05) is 17.2 Å². The minimum Gasteiger partial charge on any atom is -0.373 e. The molecule has 0 aliphatic carbocycles. The zero-order valence-corrected chi connectivity index (χ0v) is 25.1. The monoisotopic (exact) mass is 579 g/mol. The second-order valence-electron chi connectivity index (χ2n) is 12.0. The maximum atomic E-state index is 13.1. The lowest BCUT2D eigenvalue weighted by Gasteiger charge is -2.19. The van der Waals surface area contributed by atoms with Crippen LogP contribution < -0.4 is 21.9 Å². The van der Waals surface area contributed by atoms with E-state index in [0.717, 1.165) is 22.3 Å². The van der Waals surface area contributed by atoms with Crippen molar-refractivity contribution in [3.05, 3.63) is 106 Å². The molecule has 1 aliphatic heterocycles. The maximum absolute atomic E-state index is 13.1. The normalized spacial score (nSPS) is 16.6. The van der Waals surface area contributed by atoms with E-state index in [1.165, 1.54) is 4.57 Å². The fraction of sp³-hybridized carbons (Fsp3) is 0.294. The number of aromatic nitrogens is 2. The molecule has 4 N–H and O–H groups in total. The van der Waals surface area contributed by atoms with Crippen LogP contribution in [-0.4, -0.2) is 28.0 Å². The van der Waals surface area contributed by atoms with Crippen LogP contribution in [0.5, 0.6) is 0 Å². The quantitative estimate of drug-likeness (QED) is 0.261. The van der Waals surface area contributed by atoms with Gasteiger partial charge in [0.1, 0.15) is 0 Å². The molecule has 1 aliphatic rings. The van der Waals surface area contributed by atoms with Crippen molar-refractivity contribution in [3.63, 3.8) is 0 Å². The van der Waals surface area contributed by atoms with Gasteiger partial charge in [-0.25, -0.2) is 4.98 Å². The molecule has 0 bridgehead atoms. The van der Waals surface area contributed by atoms with E-state index in [-0.39, 0.29) is 22.7 Å². The van der Waals surface area contributed by atoms with Gasteiger partial charge in [0.15, 0.2) is 5.82 Å². The highest BCUT2D eigenvalue weighted by Crippen LogP contribution is 2.35. The van der Waals surface area contributed by atoms with Gasteiger partial charge in [0.25, 0.3) is 11.5 Å². The molecule has 0 saturated carbocycles. The van der Waals surface area contributed by atoms with Gasteiger partial charge in [0.2, 0.25) is 5.91 Å². The predicted molar refractivity (Wildman–Crippen MR) is 168 cm³/mol. The molecule has 2 amide bonds. The van der Waals surface area contributed by atoms with E-state index in [2.05, 4.69) is 36.4 Å².